The second-order valence-corrected chi connectivity index (χ2v) is 8.50. The minimum absolute atomic E-state index is 0.913. The molecule has 26 heavy (non-hydrogen) atoms. The molecule has 1 aliphatic rings. The summed E-state index contributed by atoms with van der Waals surface area (Å²) in [6, 6.07) is 8.59. The molecule has 3 aromatic rings. The summed E-state index contributed by atoms with van der Waals surface area (Å²) in [4.78, 5) is 11.1. The zero-order chi connectivity index (χ0) is 17.9. The highest BCUT2D eigenvalue weighted by Gasteiger charge is 2.14. The number of fused-ring (bicyclic) bond motifs is 1. The van der Waals surface area contributed by atoms with Crippen molar-refractivity contribution in [3.05, 3.63) is 57.7 Å². The number of aromatic nitrogens is 2. The fraction of sp³-hybridized carbons (Fsp3) is 0.476. The lowest BCUT2D eigenvalue weighted by Gasteiger charge is -2.25. The molecule has 0 atom stereocenters. The van der Waals surface area contributed by atoms with Crippen LogP contribution in [0.25, 0.3) is 5.65 Å². The van der Waals surface area contributed by atoms with E-state index in [0.29, 0.717) is 0 Å². The van der Waals surface area contributed by atoms with Gasteiger partial charge in [-0.2, -0.15) is 0 Å². The van der Waals surface area contributed by atoms with E-state index in [1.165, 1.54) is 48.5 Å². The number of imidazole rings is 1. The van der Waals surface area contributed by atoms with E-state index in [1.54, 1.807) is 0 Å². The van der Waals surface area contributed by atoms with Crippen LogP contribution in [0.5, 0.6) is 0 Å². The Hall–Kier alpha value is -1.69. The number of hydrogen-bond donors (Lipinski definition) is 0. The molecule has 3 aromatic heterocycles. The average Bonchev–Trinajstić information content (AvgIpc) is 3.20. The van der Waals surface area contributed by atoms with Crippen LogP contribution >= 0.6 is 11.3 Å². The maximum Gasteiger partial charge on any atom is 0.137 e. The van der Waals surface area contributed by atoms with Gasteiger partial charge in [0.05, 0.1) is 11.4 Å². The molecular formula is C21H28N4S. The van der Waals surface area contributed by atoms with E-state index >= 15 is 0 Å². The molecule has 0 N–H and O–H groups in total. The Kier molecular flexibility index (Phi) is 5.38. The number of thiophene rings is 1. The molecule has 0 radical (unpaired) electrons. The zero-order valence-electron chi connectivity index (χ0n) is 15.8. The summed E-state index contributed by atoms with van der Waals surface area (Å²) in [5, 5.41) is 2.34. The molecule has 4 nitrogen and oxygen atoms in total. The first-order valence-electron chi connectivity index (χ1n) is 9.59. The van der Waals surface area contributed by atoms with Gasteiger partial charge in [-0.25, -0.2) is 4.98 Å². The highest BCUT2D eigenvalue weighted by molar-refractivity contribution is 7.10. The maximum absolute atomic E-state index is 4.68. The van der Waals surface area contributed by atoms with Gasteiger partial charge in [0.2, 0.25) is 0 Å². The zero-order valence-corrected chi connectivity index (χ0v) is 16.6. The summed E-state index contributed by atoms with van der Waals surface area (Å²) in [5.41, 5.74) is 4.92. The van der Waals surface area contributed by atoms with Crippen LogP contribution in [0.4, 0.5) is 0 Å². The summed E-state index contributed by atoms with van der Waals surface area (Å²) in [6.45, 7) is 7.66. The molecule has 4 rings (SSSR count). The van der Waals surface area contributed by atoms with Gasteiger partial charge in [-0.05, 0) is 69.0 Å². The van der Waals surface area contributed by atoms with E-state index in [0.717, 1.165) is 31.0 Å². The standard InChI is InChI=1S/C21H28N4S/c1-17-20(25-11-7-4-8-21(25)22-17)15-23(2)14-19-12-18(16-26-19)13-24-9-5-3-6-10-24/h4,7-8,11-12,16H,3,5-6,9-10,13-15H2,1-2H3. The van der Waals surface area contributed by atoms with Crippen molar-refractivity contribution in [1.82, 2.24) is 19.2 Å². The van der Waals surface area contributed by atoms with Crippen LogP contribution in [-0.2, 0) is 19.6 Å². The largest absolute Gasteiger partial charge is 0.302 e. The van der Waals surface area contributed by atoms with E-state index in [-0.39, 0.29) is 0 Å². The Morgan fingerprint density at radius 3 is 2.85 bits per heavy atom. The molecule has 0 saturated carbocycles. The van der Waals surface area contributed by atoms with Crippen molar-refractivity contribution >= 4 is 17.0 Å². The number of aryl methyl sites for hydroxylation is 1. The number of hydrogen-bond acceptors (Lipinski definition) is 4. The molecule has 1 fully saturated rings. The van der Waals surface area contributed by atoms with Gasteiger partial charge in [-0.3, -0.25) is 9.80 Å². The number of likely N-dealkylation sites (tertiary alicyclic amines) is 1. The first-order valence-corrected chi connectivity index (χ1v) is 10.5. The topological polar surface area (TPSA) is 23.8 Å². The second kappa shape index (κ2) is 7.91. The van der Waals surface area contributed by atoms with Crippen molar-refractivity contribution < 1.29 is 0 Å². The SMILES string of the molecule is Cc1nc2ccccn2c1CN(C)Cc1cc(CN2CCCCC2)cs1. The van der Waals surface area contributed by atoms with E-state index in [2.05, 4.69) is 62.9 Å². The van der Waals surface area contributed by atoms with Crippen LogP contribution in [0, 0.1) is 6.92 Å². The van der Waals surface area contributed by atoms with Crippen molar-refractivity contribution in [3.63, 3.8) is 0 Å². The van der Waals surface area contributed by atoms with Gasteiger partial charge in [0.1, 0.15) is 5.65 Å². The van der Waals surface area contributed by atoms with Crippen molar-refractivity contribution in [2.75, 3.05) is 20.1 Å². The fourth-order valence-electron chi connectivity index (χ4n) is 3.90. The van der Waals surface area contributed by atoms with Crippen molar-refractivity contribution in [2.45, 2.75) is 45.8 Å². The molecule has 1 aliphatic heterocycles. The summed E-state index contributed by atoms with van der Waals surface area (Å²) >= 11 is 1.90. The van der Waals surface area contributed by atoms with Crippen LogP contribution in [0.15, 0.2) is 35.8 Å². The lowest BCUT2D eigenvalue weighted by atomic mass is 10.1. The highest BCUT2D eigenvalue weighted by Crippen LogP contribution is 2.21. The van der Waals surface area contributed by atoms with E-state index in [9.17, 15) is 0 Å². The molecule has 0 spiro atoms. The van der Waals surface area contributed by atoms with Gasteiger partial charge >= 0.3 is 0 Å². The Balaban J connectivity index is 1.38. The monoisotopic (exact) mass is 368 g/mol. The molecule has 0 amide bonds. The van der Waals surface area contributed by atoms with Gasteiger partial charge in [0, 0.05) is 30.7 Å². The lowest BCUT2D eigenvalue weighted by Crippen LogP contribution is -2.28. The Morgan fingerprint density at radius 2 is 2.00 bits per heavy atom. The summed E-state index contributed by atoms with van der Waals surface area (Å²) in [5.74, 6) is 0. The third-order valence-electron chi connectivity index (χ3n) is 5.24. The predicted octanol–water partition coefficient (Wildman–Crippen LogP) is 4.32. The van der Waals surface area contributed by atoms with Crippen molar-refractivity contribution in [3.8, 4) is 0 Å². The van der Waals surface area contributed by atoms with Crippen molar-refractivity contribution in [1.29, 1.82) is 0 Å². The van der Waals surface area contributed by atoms with E-state index in [1.807, 2.05) is 17.4 Å². The minimum Gasteiger partial charge on any atom is -0.302 e. The molecule has 0 aliphatic carbocycles. The number of pyridine rings is 1. The van der Waals surface area contributed by atoms with Gasteiger partial charge in [0.15, 0.2) is 0 Å². The Morgan fingerprint density at radius 1 is 1.15 bits per heavy atom. The Bertz CT molecular complexity index is 860. The molecule has 5 heteroatoms. The summed E-state index contributed by atoms with van der Waals surface area (Å²) in [7, 11) is 2.20. The third-order valence-corrected chi connectivity index (χ3v) is 6.21. The van der Waals surface area contributed by atoms with Crippen LogP contribution in [0.3, 0.4) is 0 Å². The first kappa shape index (κ1) is 17.7. The summed E-state index contributed by atoms with van der Waals surface area (Å²) < 4.78 is 2.21. The second-order valence-electron chi connectivity index (χ2n) is 7.50. The maximum atomic E-state index is 4.68. The van der Waals surface area contributed by atoms with Gasteiger partial charge in [-0.1, -0.05) is 12.5 Å². The van der Waals surface area contributed by atoms with Gasteiger partial charge < -0.3 is 4.40 Å². The van der Waals surface area contributed by atoms with E-state index < -0.39 is 0 Å². The first-order chi connectivity index (χ1) is 12.7. The summed E-state index contributed by atoms with van der Waals surface area (Å²) in [6.07, 6.45) is 6.23. The predicted molar refractivity (Wildman–Crippen MR) is 109 cm³/mol. The van der Waals surface area contributed by atoms with Gasteiger partial charge in [-0.15, -0.1) is 11.3 Å². The highest BCUT2D eigenvalue weighted by atomic mass is 32.1. The fourth-order valence-corrected chi connectivity index (χ4v) is 4.86. The quantitative estimate of drug-likeness (QED) is 0.647. The Labute approximate surface area is 160 Å². The van der Waals surface area contributed by atoms with Gasteiger partial charge in [0.25, 0.3) is 0 Å². The molecule has 138 valence electrons. The normalized spacial score (nSPS) is 16.0. The lowest BCUT2D eigenvalue weighted by molar-refractivity contribution is 0.221. The van der Waals surface area contributed by atoms with E-state index in [4.69, 9.17) is 0 Å². The smallest absolute Gasteiger partial charge is 0.137 e. The number of nitrogens with zero attached hydrogens (tertiary/aromatic N) is 4. The third kappa shape index (κ3) is 4.00. The van der Waals surface area contributed by atoms with Crippen LogP contribution in [0.2, 0.25) is 0 Å². The van der Waals surface area contributed by atoms with Crippen LogP contribution in [-0.4, -0.2) is 39.3 Å². The van der Waals surface area contributed by atoms with Crippen molar-refractivity contribution in [2.24, 2.45) is 0 Å². The molecule has 0 aromatic carbocycles. The van der Waals surface area contributed by atoms with Crippen LogP contribution in [0.1, 0.15) is 41.1 Å². The van der Waals surface area contributed by atoms with Crippen LogP contribution < -0.4 is 0 Å². The number of piperidine rings is 1. The molecular weight excluding hydrogens is 340 g/mol. The molecule has 1 saturated heterocycles. The molecule has 4 heterocycles. The molecule has 0 unspecified atom stereocenters. The number of rotatable bonds is 6. The minimum atomic E-state index is 0.913. The molecule has 0 bridgehead atoms. The average molecular weight is 369 g/mol.